The summed E-state index contributed by atoms with van der Waals surface area (Å²) >= 11 is 0. The molecule has 0 rings (SSSR count). The summed E-state index contributed by atoms with van der Waals surface area (Å²) in [5.41, 5.74) is 9.73. The molecule has 0 atom stereocenters. The van der Waals surface area contributed by atoms with Crippen LogP contribution >= 0.6 is 0 Å². The summed E-state index contributed by atoms with van der Waals surface area (Å²) < 4.78 is 0. The molecule has 0 bridgehead atoms. The van der Waals surface area contributed by atoms with Gasteiger partial charge in [0, 0.05) is 0 Å². The fourth-order valence-corrected chi connectivity index (χ4v) is 4.14. The summed E-state index contributed by atoms with van der Waals surface area (Å²) in [4.78, 5) is 0. The van der Waals surface area contributed by atoms with Gasteiger partial charge >= 0.3 is 0 Å². The van der Waals surface area contributed by atoms with Crippen LogP contribution in [0.4, 0.5) is 0 Å². The van der Waals surface area contributed by atoms with Gasteiger partial charge < -0.3 is 0 Å². The molecule has 0 radical (unpaired) electrons. The lowest BCUT2D eigenvalue weighted by atomic mass is 9.84. The smallest absolute Gasteiger partial charge is 0.0383 e. The highest BCUT2D eigenvalue weighted by molar-refractivity contribution is 4.69. The first-order valence-corrected chi connectivity index (χ1v) is 49.7. The third-order valence-electron chi connectivity index (χ3n) is 8.68. The molecule has 128 heavy (non-hydrogen) atoms. The lowest BCUT2D eigenvalue weighted by Crippen LogP contribution is -2.09. The average Bonchev–Trinajstić information content (AvgIpc) is 0.954. The maximum Gasteiger partial charge on any atom is -0.0383 e. The van der Waals surface area contributed by atoms with E-state index < -0.39 is 0 Å². The van der Waals surface area contributed by atoms with Crippen molar-refractivity contribution in [1.82, 2.24) is 0 Å². The van der Waals surface area contributed by atoms with Crippen LogP contribution in [0.3, 0.4) is 0 Å². The standard InChI is InChI=1S/C15H32.2C11H24.2C6H14.11C5H12.C3H8.5C2H6.11CH4/c1-14(2,3)12-10-8-7-9-11-13-15(4,5)6;2*1-10(2,3)8-7-9-11(4,5)6;2*1-5-6(2,3)4;11*1-5(2,3)4;1-3-2;5*1-2;;;;;;;;;;;/h7-13H2,1-6H3;2*7-9H2,1-6H3;2*5H2,1-4H3;11*1-4H3;3H2,1-2H3;5*1-2H3;11*1H4. The van der Waals surface area contributed by atoms with Crippen LogP contribution < -0.4 is 0 Å². The Kier molecular flexibility index (Phi) is 213. The van der Waals surface area contributed by atoms with Crippen LogP contribution in [0.25, 0.3) is 0 Å². The molecule has 0 aromatic rings. The lowest BCUT2D eigenvalue weighted by molar-refractivity contribution is 0.301. The summed E-state index contributed by atoms with van der Waals surface area (Å²) in [6, 6.07) is 0. The van der Waals surface area contributed by atoms with Gasteiger partial charge in [-0.05, 0) is 141 Å². The van der Waals surface area contributed by atoms with Crippen LogP contribution in [-0.2, 0) is 0 Å². The van der Waals surface area contributed by atoms with E-state index in [0.29, 0.717) is 103 Å². The van der Waals surface area contributed by atoms with Crippen molar-refractivity contribution in [2.75, 3.05) is 0 Å². The first-order chi connectivity index (χ1) is 49.7. The zero-order valence-electron chi connectivity index (χ0n) is 103. The van der Waals surface area contributed by atoms with Gasteiger partial charge in [0.2, 0.25) is 0 Å². The molecule has 0 aliphatic carbocycles. The Balaban J connectivity index is -0.0000000242. The Morgan fingerprint density at radius 2 is 0.148 bits per heavy atom. The van der Waals surface area contributed by atoms with E-state index in [1.54, 1.807) is 0 Å². The van der Waals surface area contributed by atoms with Crippen LogP contribution in [0.15, 0.2) is 0 Å². The average molecular weight is 1860 g/mol. The second-order valence-electron chi connectivity index (χ2n) is 58.9. The molecule has 0 aromatic heterocycles. The molecule has 0 aromatic carbocycles. The summed E-state index contributed by atoms with van der Waals surface area (Å²) in [6.07, 6.45) is 21.8. The highest BCUT2D eigenvalue weighted by Crippen LogP contribution is 2.30. The van der Waals surface area contributed by atoms with Gasteiger partial charge in [0.15, 0.2) is 0 Å². The Morgan fingerprint density at radius 1 is 0.102 bits per heavy atom. The molecule has 0 fully saturated rings. The van der Waals surface area contributed by atoms with Crippen LogP contribution in [0.1, 0.15) is 752 Å². The molecule has 0 aliphatic heterocycles. The minimum Gasteiger partial charge on any atom is -0.0776 e. The van der Waals surface area contributed by atoms with E-state index >= 15 is 0 Å². The largest absolute Gasteiger partial charge is 0.0776 e. The van der Waals surface area contributed by atoms with Crippen molar-refractivity contribution in [2.24, 2.45) is 103 Å². The fraction of sp³-hybridized carbons (Fsp3) is 1.00. The lowest BCUT2D eigenvalue weighted by Gasteiger charge is -2.22. The molecule has 0 unspecified atom stereocenters. The summed E-state index contributed by atoms with van der Waals surface area (Å²) in [5.74, 6) is 0. The Morgan fingerprint density at radius 3 is 0.195 bits per heavy atom. The van der Waals surface area contributed by atoms with Gasteiger partial charge in [0.1, 0.15) is 0 Å². The van der Waals surface area contributed by atoms with E-state index in [-0.39, 0.29) is 81.7 Å². The molecular formula is C128H322. The molecule has 0 N–H and O–H groups in total. The molecule has 0 saturated heterocycles. The van der Waals surface area contributed by atoms with Crippen molar-refractivity contribution in [3.8, 4) is 0 Å². The van der Waals surface area contributed by atoms with Crippen molar-refractivity contribution < 1.29 is 0 Å². The third kappa shape index (κ3) is 1700. The van der Waals surface area contributed by atoms with Crippen LogP contribution in [0.5, 0.6) is 0 Å². The highest BCUT2D eigenvalue weighted by atomic mass is 14.2. The molecule has 0 heterocycles. The minimum atomic E-state index is 0. The van der Waals surface area contributed by atoms with E-state index in [2.05, 4.69) is 499 Å². The van der Waals surface area contributed by atoms with Crippen molar-refractivity contribution >= 4 is 0 Å². The topological polar surface area (TPSA) is 0 Å². The number of rotatable bonds is 10. The number of hydrogen-bond donors (Lipinski definition) is 0. The van der Waals surface area contributed by atoms with E-state index in [4.69, 9.17) is 0 Å². The van der Waals surface area contributed by atoms with Gasteiger partial charge in [-0.25, -0.2) is 0 Å². The van der Waals surface area contributed by atoms with E-state index in [0.717, 1.165) is 0 Å². The first-order valence-electron chi connectivity index (χ1n) is 49.7. The van der Waals surface area contributed by atoms with Gasteiger partial charge in [0.25, 0.3) is 0 Å². The van der Waals surface area contributed by atoms with Crippen molar-refractivity contribution in [1.29, 1.82) is 0 Å². The van der Waals surface area contributed by atoms with Gasteiger partial charge in [-0.2, -0.15) is 0 Å². The minimum absolute atomic E-state index is 0. The Labute approximate surface area is 849 Å². The molecule has 0 nitrogen and oxygen atoms in total. The third-order valence-corrected chi connectivity index (χ3v) is 8.68. The first kappa shape index (κ1) is 229. The molecule has 0 heteroatoms. The van der Waals surface area contributed by atoms with E-state index in [1.807, 2.05) is 69.2 Å². The maximum atomic E-state index is 2.34. The number of hydrogen-bond acceptors (Lipinski definition) is 0. The quantitative estimate of drug-likeness (QED) is 0.191. The number of unbranched alkanes of at least 4 members (excludes halogenated alkanes) is 4. The maximum absolute atomic E-state index is 2.34. The van der Waals surface area contributed by atoms with E-state index in [1.165, 1.54) is 103 Å². The molecule has 0 amide bonds. The zero-order chi connectivity index (χ0) is 103. The van der Waals surface area contributed by atoms with Crippen LogP contribution in [-0.4, -0.2) is 0 Å². The van der Waals surface area contributed by atoms with Crippen molar-refractivity contribution in [2.45, 2.75) is 752 Å². The Bertz CT molecular complexity index is 1260. The predicted molar refractivity (Wildman–Crippen MR) is 659 cm³/mol. The van der Waals surface area contributed by atoms with E-state index in [9.17, 15) is 0 Å². The van der Waals surface area contributed by atoms with Gasteiger partial charge in [0.05, 0.1) is 0 Å². The highest BCUT2D eigenvalue weighted by Gasteiger charge is 2.16. The second kappa shape index (κ2) is 119. The molecule has 834 valence electrons. The monoisotopic (exact) mass is 1860 g/mol. The Hall–Kier alpha value is 0. The van der Waals surface area contributed by atoms with Crippen molar-refractivity contribution in [3.05, 3.63) is 0 Å². The fourth-order valence-electron chi connectivity index (χ4n) is 4.14. The van der Waals surface area contributed by atoms with Crippen LogP contribution in [0, 0.1) is 103 Å². The van der Waals surface area contributed by atoms with Gasteiger partial charge in [-0.15, -0.1) is 0 Å². The van der Waals surface area contributed by atoms with Gasteiger partial charge in [-0.1, -0.05) is 714 Å². The van der Waals surface area contributed by atoms with Crippen LogP contribution in [0.2, 0.25) is 0 Å². The summed E-state index contributed by atoms with van der Waals surface area (Å²) in [5, 5.41) is 0. The SMILES string of the molecule is C.C.C.C.C.C.C.C.C.C.C.CC.CC.CC.CC.CC.CC(C)(C)C.CC(C)(C)C.CC(C)(C)C.CC(C)(C)C.CC(C)(C)C.CC(C)(C)C.CC(C)(C)C.CC(C)(C)C.CC(C)(C)C.CC(C)(C)C.CC(C)(C)C.CC(C)(C)CCCC(C)(C)C.CC(C)(C)CCCC(C)(C)C.CC(C)(C)CCCCCCCC(C)(C)C.CCC.CCC(C)(C)C.CCC(C)(C)C. The molecule has 0 aliphatic rings. The zero-order valence-corrected chi connectivity index (χ0v) is 103. The van der Waals surface area contributed by atoms with Gasteiger partial charge in [-0.3, -0.25) is 0 Å². The summed E-state index contributed by atoms with van der Waals surface area (Å²) in [6.45, 7) is 180. The summed E-state index contributed by atoms with van der Waals surface area (Å²) in [7, 11) is 0. The normalized spacial score (nSPS) is 10.5. The predicted octanol–water partition coefficient (Wildman–Crippen LogP) is 55.3. The van der Waals surface area contributed by atoms with Crippen molar-refractivity contribution in [3.63, 3.8) is 0 Å². The second-order valence-corrected chi connectivity index (χ2v) is 58.9. The molecular weight excluding hydrogens is 1540 g/mol. The molecule has 0 spiro atoms. The molecule has 0 saturated carbocycles.